The van der Waals surface area contributed by atoms with E-state index in [-0.39, 0.29) is 0 Å². The van der Waals surface area contributed by atoms with Crippen molar-refractivity contribution in [2.24, 2.45) is 29.1 Å². The fourth-order valence-electron chi connectivity index (χ4n) is 3.02. The molecule has 2 fully saturated rings. The Balaban J connectivity index is 1.88. The van der Waals surface area contributed by atoms with Crippen LogP contribution in [0.15, 0.2) is 0 Å². The van der Waals surface area contributed by atoms with Crippen LogP contribution >= 0.6 is 0 Å². The predicted molar refractivity (Wildman–Crippen MR) is 52.9 cm³/mol. The summed E-state index contributed by atoms with van der Waals surface area (Å²) < 4.78 is 0. The van der Waals surface area contributed by atoms with Crippen LogP contribution in [0.4, 0.5) is 0 Å². The number of hydrogen-bond acceptors (Lipinski definition) is 0. The third-order valence-electron chi connectivity index (χ3n) is 4.77. The first-order chi connectivity index (χ1) is 5.59. The van der Waals surface area contributed by atoms with Gasteiger partial charge in [-0.2, -0.15) is 0 Å². The van der Waals surface area contributed by atoms with Crippen LogP contribution in [0.1, 0.15) is 47.0 Å². The van der Waals surface area contributed by atoms with E-state index in [1.54, 1.807) is 0 Å². The summed E-state index contributed by atoms with van der Waals surface area (Å²) in [5.41, 5.74) is 0.772. The quantitative estimate of drug-likeness (QED) is 0.599. The van der Waals surface area contributed by atoms with Crippen molar-refractivity contribution in [3.63, 3.8) is 0 Å². The minimum absolute atomic E-state index is 0.772. The highest BCUT2D eigenvalue weighted by Crippen LogP contribution is 2.68. The van der Waals surface area contributed by atoms with E-state index in [1.165, 1.54) is 19.3 Å². The van der Waals surface area contributed by atoms with Crippen molar-refractivity contribution in [1.82, 2.24) is 0 Å². The van der Waals surface area contributed by atoms with Crippen molar-refractivity contribution in [2.75, 3.05) is 0 Å². The van der Waals surface area contributed by atoms with Crippen LogP contribution in [0.3, 0.4) is 0 Å². The van der Waals surface area contributed by atoms with Crippen LogP contribution in [0, 0.1) is 29.1 Å². The van der Waals surface area contributed by atoms with Crippen molar-refractivity contribution in [3.8, 4) is 0 Å². The SMILES string of the molecule is CCC(C)C1CC1C1(C)CC1C. The average molecular weight is 166 g/mol. The summed E-state index contributed by atoms with van der Waals surface area (Å²) in [5, 5.41) is 0. The van der Waals surface area contributed by atoms with E-state index in [0.29, 0.717) is 0 Å². The zero-order valence-corrected chi connectivity index (χ0v) is 8.93. The molecule has 12 heavy (non-hydrogen) atoms. The first-order valence-electron chi connectivity index (χ1n) is 5.59. The molecule has 0 aromatic carbocycles. The van der Waals surface area contributed by atoms with Crippen molar-refractivity contribution in [1.29, 1.82) is 0 Å². The first-order valence-corrected chi connectivity index (χ1v) is 5.59. The van der Waals surface area contributed by atoms with Gasteiger partial charge in [0.25, 0.3) is 0 Å². The summed E-state index contributed by atoms with van der Waals surface area (Å²) in [6, 6.07) is 0. The highest BCUT2D eigenvalue weighted by molar-refractivity contribution is 5.10. The largest absolute Gasteiger partial charge is 0.0651 e. The van der Waals surface area contributed by atoms with E-state index in [9.17, 15) is 0 Å². The van der Waals surface area contributed by atoms with Gasteiger partial charge in [0.1, 0.15) is 0 Å². The molecule has 2 rings (SSSR count). The normalized spacial score (nSPS) is 53.5. The molecule has 0 nitrogen and oxygen atoms in total. The summed E-state index contributed by atoms with van der Waals surface area (Å²) >= 11 is 0. The molecule has 2 aliphatic carbocycles. The summed E-state index contributed by atoms with van der Waals surface area (Å²) in [6.07, 6.45) is 4.42. The maximum absolute atomic E-state index is 2.50. The summed E-state index contributed by atoms with van der Waals surface area (Å²) in [6.45, 7) is 9.69. The second-order valence-electron chi connectivity index (χ2n) is 5.50. The van der Waals surface area contributed by atoms with Crippen LogP contribution in [0.2, 0.25) is 0 Å². The Morgan fingerprint density at radius 2 is 2.08 bits per heavy atom. The third kappa shape index (κ3) is 1.11. The van der Waals surface area contributed by atoms with Gasteiger partial charge < -0.3 is 0 Å². The summed E-state index contributed by atoms with van der Waals surface area (Å²) in [7, 11) is 0. The van der Waals surface area contributed by atoms with Crippen molar-refractivity contribution in [3.05, 3.63) is 0 Å². The van der Waals surface area contributed by atoms with Gasteiger partial charge in [0.2, 0.25) is 0 Å². The standard InChI is InChI=1S/C12H22/c1-5-8(2)10-6-11(10)12(4)7-9(12)3/h8-11H,5-7H2,1-4H3. The molecule has 0 saturated heterocycles. The molecule has 0 N–H and O–H groups in total. The smallest absolute Gasteiger partial charge is 0.0266 e. The van der Waals surface area contributed by atoms with Crippen molar-refractivity contribution in [2.45, 2.75) is 47.0 Å². The lowest BCUT2D eigenvalue weighted by Gasteiger charge is -2.12. The fourth-order valence-corrected chi connectivity index (χ4v) is 3.02. The fraction of sp³-hybridized carbons (Fsp3) is 1.00. The van der Waals surface area contributed by atoms with Crippen LogP contribution in [-0.2, 0) is 0 Å². The second-order valence-corrected chi connectivity index (χ2v) is 5.50. The van der Waals surface area contributed by atoms with Crippen LogP contribution in [0.5, 0.6) is 0 Å². The Hall–Kier alpha value is 0. The Kier molecular flexibility index (Phi) is 1.79. The Morgan fingerprint density at radius 1 is 1.50 bits per heavy atom. The van der Waals surface area contributed by atoms with E-state index in [2.05, 4.69) is 27.7 Å². The lowest BCUT2D eigenvalue weighted by molar-refractivity contribution is 0.365. The highest BCUT2D eigenvalue weighted by Gasteiger charge is 2.61. The maximum atomic E-state index is 2.50. The van der Waals surface area contributed by atoms with Gasteiger partial charge in [0, 0.05) is 0 Å². The Morgan fingerprint density at radius 3 is 2.50 bits per heavy atom. The maximum Gasteiger partial charge on any atom is -0.0266 e. The van der Waals surface area contributed by atoms with E-state index in [4.69, 9.17) is 0 Å². The highest BCUT2D eigenvalue weighted by atomic mass is 14.7. The Bertz CT molecular complexity index is 184. The summed E-state index contributed by atoms with van der Waals surface area (Å²) in [4.78, 5) is 0. The van der Waals surface area contributed by atoms with E-state index >= 15 is 0 Å². The van der Waals surface area contributed by atoms with E-state index in [0.717, 1.165) is 29.1 Å². The van der Waals surface area contributed by atoms with Gasteiger partial charge >= 0.3 is 0 Å². The van der Waals surface area contributed by atoms with E-state index < -0.39 is 0 Å². The second kappa shape index (κ2) is 2.49. The Labute approximate surface area is 76.7 Å². The monoisotopic (exact) mass is 166 g/mol. The van der Waals surface area contributed by atoms with Gasteiger partial charge in [-0.1, -0.05) is 34.1 Å². The van der Waals surface area contributed by atoms with Crippen molar-refractivity contribution >= 4 is 0 Å². The zero-order chi connectivity index (χ0) is 8.93. The molecule has 0 amide bonds. The van der Waals surface area contributed by atoms with Gasteiger partial charge in [-0.25, -0.2) is 0 Å². The molecule has 0 heterocycles. The molecule has 5 unspecified atom stereocenters. The average Bonchev–Trinajstić information content (AvgIpc) is 2.88. The molecule has 0 aromatic rings. The van der Waals surface area contributed by atoms with Gasteiger partial charge in [-0.15, -0.1) is 0 Å². The van der Waals surface area contributed by atoms with Gasteiger partial charge in [0.15, 0.2) is 0 Å². The lowest BCUT2D eigenvalue weighted by atomic mass is 9.93. The molecule has 0 aromatic heterocycles. The molecular formula is C12H22. The molecule has 2 aliphatic rings. The predicted octanol–water partition coefficient (Wildman–Crippen LogP) is 3.71. The molecule has 0 aliphatic heterocycles. The molecule has 0 radical (unpaired) electrons. The molecule has 2 saturated carbocycles. The molecule has 0 heteroatoms. The van der Waals surface area contributed by atoms with Gasteiger partial charge in [-0.3, -0.25) is 0 Å². The number of rotatable bonds is 3. The van der Waals surface area contributed by atoms with Gasteiger partial charge in [-0.05, 0) is 41.9 Å². The molecule has 0 spiro atoms. The number of hydrogen-bond donors (Lipinski definition) is 0. The minimum Gasteiger partial charge on any atom is -0.0651 e. The van der Waals surface area contributed by atoms with Crippen LogP contribution in [-0.4, -0.2) is 0 Å². The van der Waals surface area contributed by atoms with Gasteiger partial charge in [0.05, 0.1) is 0 Å². The molecule has 0 bridgehead atoms. The third-order valence-corrected chi connectivity index (χ3v) is 4.77. The van der Waals surface area contributed by atoms with Crippen LogP contribution < -0.4 is 0 Å². The topological polar surface area (TPSA) is 0 Å². The van der Waals surface area contributed by atoms with Crippen LogP contribution in [0.25, 0.3) is 0 Å². The van der Waals surface area contributed by atoms with E-state index in [1.807, 2.05) is 0 Å². The minimum atomic E-state index is 0.772. The summed E-state index contributed by atoms with van der Waals surface area (Å²) in [5.74, 6) is 4.20. The molecule has 70 valence electrons. The first kappa shape index (κ1) is 8.59. The van der Waals surface area contributed by atoms with Crippen molar-refractivity contribution < 1.29 is 0 Å². The lowest BCUT2D eigenvalue weighted by Crippen LogP contribution is -2.05. The molecular weight excluding hydrogens is 144 g/mol. The zero-order valence-electron chi connectivity index (χ0n) is 8.93. The molecule has 5 atom stereocenters.